The number of hydrogen-bond acceptors (Lipinski definition) is 2. The molecule has 1 aromatic heterocycles. The Labute approximate surface area is 115 Å². The van der Waals surface area contributed by atoms with Gasteiger partial charge in [0.15, 0.2) is 0 Å². The third-order valence-electron chi connectivity index (χ3n) is 2.97. The Bertz CT molecular complexity index is 661. The Kier molecular flexibility index (Phi) is 3.79. The monoisotopic (exact) mass is 276 g/mol. The van der Waals surface area contributed by atoms with Crippen molar-refractivity contribution < 1.29 is 13.6 Å². The van der Waals surface area contributed by atoms with Crippen LogP contribution in [0.3, 0.4) is 0 Å². The van der Waals surface area contributed by atoms with Crippen LogP contribution in [0, 0.1) is 32.7 Å². The molecule has 0 unspecified atom stereocenters. The van der Waals surface area contributed by atoms with Crippen LogP contribution in [0.4, 0.5) is 14.5 Å². The van der Waals surface area contributed by atoms with Gasteiger partial charge in [-0.2, -0.15) is 13.8 Å². The maximum absolute atomic E-state index is 13.4. The first-order valence-corrected chi connectivity index (χ1v) is 6.09. The summed E-state index contributed by atoms with van der Waals surface area (Å²) in [7, 11) is 0. The zero-order valence-electron chi connectivity index (χ0n) is 11.4. The van der Waals surface area contributed by atoms with E-state index >= 15 is 0 Å². The van der Waals surface area contributed by atoms with E-state index in [9.17, 15) is 13.6 Å². The van der Waals surface area contributed by atoms with Crippen LogP contribution in [-0.2, 0) is 0 Å². The van der Waals surface area contributed by atoms with Gasteiger partial charge in [-0.3, -0.25) is 4.79 Å². The highest BCUT2D eigenvalue weighted by Gasteiger charge is 2.15. The number of halogens is 2. The van der Waals surface area contributed by atoms with Crippen LogP contribution in [0.5, 0.6) is 0 Å². The molecule has 0 saturated heterocycles. The van der Waals surface area contributed by atoms with Gasteiger partial charge in [-0.15, -0.1) is 0 Å². The number of aryl methyl sites for hydroxylation is 3. The van der Waals surface area contributed by atoms with Gasteiger partial charge in [0.1, 0.15) is 0 Å². The average molecular weight is 276 g/mol. The zero-order valence-corrected chi connectivity index (χ0v) is 11.4. The van der Waals surface area contributed by atoms with Gasteiger partial charge in [0.05, 0.1) is 5.69 Å². The van der Waals surface area contributed by atoms with E-state index in [0.717, 1.165) is 28.8 Å². The number of hydrogen-bond donors (Lipinski definition) is 1. The first kappa shape index (κ1) is 14.1. The van der Waals surface area contributed by atoms with Crippen molar-refractivity contribution in [2.24, 2.45) is 0 Å². The summed E-state index contributed by atoms with van der Waals surface area (Å²) in [6.07, 6.45) is 0. The Balaban J connectivity index is 2.33. The van der Waals surface area contributed by atoms with Crippen LogP contribution in [0.1, 0.15) is 27.0 Å². The van der Waals surface area contributed by atoms with Crippen molar-refractivity contribution in [1.82, 2.24) is 4.98 Å². The number of benzene rings is 1. The molecule has 2 rings (SSSR count). The molecule has 3 nitrogen and oxygen atoms in total. The Morgan fingerprint density at radius 3 is 2.25 bits per heavy atom. The highest BCUT2D eigenvalue weighted by atomic mass is 19.1. The molecule has 2 aromatic rings. The van der Waals surface area contributed by atoms with Crippen molar-refractivity contribution in [2.75, 3.05) is 5.32 Å². The third kappa shape index (κ3) is 2.82. The fourth-order valence-corrected chi connectivity index (χ4v) is 2.23. The minimum Gasteiger partial charge on any atom is -0.318 e. The molecule has 1 amide bonds. The van der Waals surface area contributed by atoms with E-state index < -0.39 is 17.8 Å². The molecule has 0 spiro atoms. The highest BCUT2D eigenvalue weighted by Crippen LogP contribution is 2.19. The molecular formula is C15H14F2N2O. The molecule has 0 radical (unpaired) electrons. The molecule has 5 heteroatoms. The molecule has 1 N–H and O–H groups in total. The first-order valence-electron chi connectivity index (χ1n) is 6.09. The smallest absolute Gasteiger partial charge is 0.256 e. The van der Waals surface area contributed by atoms with Crippen LogP contribution in [0.15, 0.2) is 24.3 Å². The van der Waals surface area contributed by atoms with Crippen LogP contribution >= 0.6 is 0 Å². The van der Waals surface area contributed by atoms with Gasteiger partial charge in [0.2, 0.25) is 11.9 Å². The quantitative estimate of drug-likeness (QED) is 0.852. The highest BCUT2D eigenvalue weighted by molar-refractivity contribution is 6.06. The summed E-state index contributed by atoms with van der Waals surface area (Å²) in [6, 6.07) is 5.89. The lowest BCUT2D eigenvalue weighted by Crippen LogP contribution is -2.16. The maximum Gasteiger partial charge on any atom is 0.256 e. The van der Waals surface area contributed by atoms with Crippen LogP contribution in [0.2, 0.25) is 0 Å². The average Bonchev–Trinajstić information content (AvgIpc) is 2.31. The molecule has 104 valence electrons. The molecule has 0 aliphatic carbocycles. The molecular weight excluding hydrogens is 262 g/mol. The summed E-state index contributed by atoms with van der Waals surface area (Å²) in [5, 5.41) is 2.41. The van der Waals surface area contributed by atoms with E-state index in [-0.39, 0.29) is 5.69 Å². The van der Waals surface area contributed by atoms with Crippen molar-refractivity contribution in [3.05, 3.63) is 58.4 Å². The Morgan fingerprint density at radius 1 is 1.10 bits per heavy atom. The number of amides is 1. The largest absolute Gasteiger partial charge is 0.318 e. The SMILES string of the molecule is Cc1cc(C)c(C(=O)Nc2ccc(F)nc2F)c(C)c1. The summed E-state index contributed by atoms with van der Waals surface area (Å²) in [5.74, 6) is -2.41. The second-order valence-electron chi connectivity index (χ2n) is 4.70. The minimum atomic E-state index is -1.04. The summed E-state index contributed by atoms with van der Waals surface area (Å²) >= 11 is 0. The number of carbonyl (C=O) groups excluding carboxylic acids is 1. The van der Waals surface area contributed by atoms with Crippen molar-refractivity contribution >= 4 is 11.6 Å². The third-order valence-corrected chi connectivity index (χ3v) is 2.97. The van der Waals surface area contributed by atoms with E-state index in [0.29, 0.717) is 5.56 Å². The van der Waals surface area contributed by atoms with E-state index in [4.69, 9.17) is 0 Å². The van der Waals surface area contributed by atoms with Gasteiger partial charge < -0.3 is 5.32 Å². The van der Waals surface area contributed by atoms with Crippen molar-refractivity contribution in [3.63, 3.8) is 0 Å². The van der Waals surface area contributed by atoms with E-state index in [1.165, 1.54) is 0 Å². The van der Waals surface area contributed by atoms with E-state index in [1.54, 1.807) is 0 Å². The van der Waals surface area contributed by atoms with Crippen molar-refractivity contribution in [1.29, 1.82) is 0 Å². The summed E-state index contributed by atoms with van der Waals surface area (Å²) in [6.45, 7) is 5.56. The molecule has 0 atom stereocenters. The zero-order chi connectivity index (χ0) is 14.9. The molecule has 0 bridgehead atoms. The lowest BCUT2D eigenvalue weighted by atomic mass is 9.99. The standard InChI is InChI=1S/C15H14F2N2O/c1-8-6-9(2)13(10(3)7-8)15(20)18-11-4-5-12(16)19-14(11)17/h4-7H,1-3H3,(H,18,20). The predicted molar refractivity (Wildman–Crippen MR) is 72.8 cm³/mol. The predicted octanol–water partition coefficient (Wildman–Crippen LogP) is 3.54. The molecule has 20 heavy (non-hydrogen) atoms. The second kappa shape index (κ2) is 5.36. The second-order valence-corrected chi connectivity index (χ2v) is 4.70. The van der Waals surface area contributed by atoms with Gasteiger partial charge in [0, 0.05) is 5.56 Å². The summed E-state index contributed by atoms with van der Waals surface area (Å²) < 4.78 is 26.1. The van der Waals surface area contributed by atoms with Gasteiger partial charge in [-0.1, -0.05) is 17.7 Å². The molecule has 1 heterocycles. The van der Waals surface area contributed by atoms with Gasteiger partial charge >= 0.3 is 0 Å². The van der Waals surface area contributed by atoms with Crippen LogP contribution < -0.4 is 5.32 Å². The Hall–Kier alpha value is -2.30. The van der Waals surface area contributed by atoms with Gasteiger partial charge in [0.25, 0.3) is 5.91 Å². The normalized spacial score (nSPS) is 10.4. The number of nitrogens with one attached hydrogen (secondary N) is 1. The maximum atomic E-state index is 13.4. The van der Waals surface area contributed by atoms with Crippen molar-refractivity contribution in [2.45, 2.75) is 20.8 Å². The summed E-state index contributed by atoms with van der Waals surface area (Å²) in [5.41, 5.74) is 2.99. The van der Waals surface area contributed by atoms with Crippen LogP contribution in [0.25, 0.3) is 0 Å². The minimum absolute atomic E-state index is 0.143. The number of nitrogens with zero attached hydrogens (tertiary/aromatic N) is 1. The number of aromatic nitrogens is 1. The molecule has 1 aromatic carbocycles. The molecule has 0 aliphatic rings. The number of rotatable bonds is 2. The van der Waals surface area contributed by atoms with Crippen LogP contribution in [-0.4, -0.2) is 10.9 Å². The first-order chi connectivity index (χ1) is 9.38. The topological polar surface area (TPSA) is 42.0 Å². The lowest BCUT2D eigenvalue weighted by Gasteiger charge is -2.12. The number of anilines is 1. The fraction of sp³-hybridized carbons (Fsp3) is 0.200. The van der Waals surface area contributed by atoms with Gasteiger partial charge in [-0.05, 0) is 44.0 Å². The van der Waals surface area contributed by atoms with Crippen molar-refractivity contribution in [3.8, 4) is 0 Å². The fourth-order valence-electron chi connectivity index (χ4n) is 2.23. The molecule has 0 aliphatic heterocycles. The number of carbonyl (C=O) groups is 1. The lowest BCUT2D eigenvalue weighted by molar-refractivity contribution is 0.102. The molecule has 0 saturated carbocycles. The molecule has 0 fully saturated rings. The summed E-state index contributed by atoms with van der Waals surface area (Å²) in [4.78, 5) is 15.2. The van der Waals surface area contributed by atoms with E-state index in [2.05, 4.69) is 10.3 Å². The van der Waals surface area contributed by atoms with E-state index in [1.807, 2.05) is 32.9 Å². The Morgan fingerprint density at radius 2 is 1.70 bits per heavy atom. The number of pyridine rings is 1. The van der Waals surface area contributed by atoms with Gasteiger partial charge in [-0.25, -0.2) is 0 Å².